The van der Waals surface area contributed by atoms with Gasteiger partial charge >= 0.3 is 0 Å². The van der Waals surface area contributed by atoms with Crippen molar-refractivity contribution in [3.05, 3.63) is 23.8 Å². The van der Waals surface area contributed by atoms with Crippen LogP contribution in [0.1, 0.15) is 45.6 Å². The van der Waals surface area contributed by atoms with Gasteiger partial charge in [-0.25, -0.2) is 0 Å². The highest BCUT2D eigenvalue weighted by Crippen LogP contribution is 2.28. The minimum atomic E-state index is 0.0775. The second-order valence-electron chi connectivity index (χ2n) is 5.54. The molecule has 1 amide bonds. The molecule has 1 rings (SSSR count). The minimum absolute atomic E-state index is 0.0775. The minimum Gasteiger partial charge on any atom is -0.493 e. The van der Waals surface area contributed by atoms with Crippen molar-refractivity contribution in [2.75, 3.05) is 13.7 Å². The topological polar surface area (TPSA) is 47.6 Å². The van der Waals surface area contributed by atoms with Gasteiger partial charge in [0.25, 0.3) is 0 Å². The summed E-state index contributed by atoms with van der Waals surface area (Å²) in [5, 5.41) is 2.89. The van der Waals surface area contributed by atoms with E-state index in [1.54, 1.807) is 7.11 Å². The van der Waals surface area contributed by atoms with Crippen LogP contribution in [0.2, 0.25) is 0 Å². The summed E-state index contributed by atoms with van der Waals surface area (Å²) in [6, 6.07) is 5.77. The van der Waals surface area contributed by atoms with E-state index in [9.17, 15) is 4.79 Å². The van der Waals surface area contributed by atoms with Crippen LogP contribution in [-0.4, -0.2) is 19.6 Å². The van der Waals surface area contributed by atoms with E-state index in [1.165, 1.54) is 0 Å². The predicted octanol–water partition coefficient (Wildman–Crippen LogP) is 3.54. The number of hydrogen-bond donors (Lipinski definition) is 1. The third-order valence-corrected chi connectivity index (χ3v) is 3.15. The van der Waals surface area contributed by atoms with E-state index in [2.05, 4.69) is 19.2 Å². The van der Waals surface area contributed by atoms with Crippen molar-refractivity contribution in [3.8, 4) is 11.5 Å². The lowest BCUT2D eigenvalue weighted by Gasteiger charge is -2.13. The van der Waals surface area contributed by atoms with Gasteiger partial charge in [-0.1, -0.05) is 26.8 Å². The summed E-state index contributed by atoms with van der Waals surface area (Å²) in [7, 11) is 1.63. The molecule has 0 radical (unpaired) electrons. The Labute approximate surface area is 127 Å². The second kappa shape index (κ2) is 9.27. The van der Waals surface area contributed by atoms with Gasteiger partial charge < -0.3 is 14.8 Å². The molecule has 0 spiro atoms. The molecule has 1 aromatic rings. The van der Waals surface area contributed by atoms with E-state index < -0.39 is 0 Å². The quantitative estimate of drug-likeness (QED) is 0.757. The van der Waals surface area contributed by atoms with Crippen molar-refractivity contribution in [1.82, 2.24) is 5.32 Å². The van der Waals surface area contributed by atoms with Crippen LogP contribution in [0.25, 0.3) is 0 Å². The second-order valence-corrected chi connectivity index (χ2v) is 5.54. The van der Waals surface area contributed by atoms with E-state index in [-0.39, 0.29) is 5.91 Å². The Balaban J connectivity index is 2.59. The monoisotopic (exact) mass is 293 g/mol. The van der Waals surface area contributed by atoms with Crippen molar-refractivity contribution in [2.45, 2.75) is 46.6 Å². The first-order valence-electron chi connectivity index (χ1n) is 7.63. The van der Waals surface area contributed by atoms with Gasteiger partial charge in [0.1, 0.15) is 0 Å². The molecule has 0 saturated heterocycles. The summed E-state index contributed by atoms with van der Waals surface area (Å²) in [5.74, 6) is 2.15. The average molecular weight is 293 g/mol. The van der Waals surface area contributed by atoms with Gasteiger partial charge in [0.05, 0.1) is 13.7 Å². The lowest BCUT2D eigenvalue weighted by Crippen LogP contribution is -2.22. The van der Waals surface area contributed by atoms with Crippen molar-refractivity contribution >= 4 is 5.91 Å². The zero-order chi connectivity index (χ0) is 15.7. The third kappa shape index (κ3) is 6.52. The summed E-state index contributed by atoms with van der Waals surface area (Å²) in [6.45, 7) is 7.53. The lowest BCUT2D eigenvalue weighted by molar-refractivity contribution is -0.121. The maximum Gasteiger partial charge on any atom is 0.220 e. The summed E-state index contributed by atoms with van der Waals surface area (Å²) in [5.41, 5.74) is 1.01. The number of rotatable bonds is 9. The molecular formula is C17H27NO3. The Morgan fingerprint density at radius 1 is 1.29 bits per heavy atom. The number of nitrogens with one attached hydrogen (secondary N) is 1. The fraction of sp³-hybridized carbons (Fsp3) is 0.588. The zero-order valence-corrected chi connectivity index (χ0v) is 13.6. The normalized spacial score (nSPS) is 10.5. The van der Waals surface area contributed by atoms with Crippen molar-refractivity contribution in [1.29, 1.82) is 0 Å². The first kappa shape index (κ1) is 17.3. The van der Waals surface area contributed by atoms with Gasteiger partial charge in [0.2, 0.25) is 5.91 Å². The van der Waals surface area contributed by atoms with Gasteiger partial charge in [-0.15, -0.1) is 0 Å². The van der Waals surface area contributed by atoms with Crippen molar-refractivity contribution in [3.63, 3.8) is 0 Å². The molecule has 0 bridgehead atoms. The lowest BCUT2D eigenvalue weighted by atomic mass is 10.1. The van der Waals surface area contributed by atoms with Crippen molar-refractivity contribution in [2.24, 2.45) is 5.92 Å². The fourth-order valence-corrected chi connectivity index (χ4v) is 1.86. The van der Waals surface area contributed by atoms with Gasteiger partial charge in [0, 0.05) is 13.0 Å². The molecule has 1 aromatic carbocycles. The van der Waals surface area contributed by atoms with Crippen LogP contribution in [0.3, 0.4) is 0 Å². The first-order valence-corrected chi connectivity index (χ1v) is 7.63. The van der Waals surface area contributed by atoms with Crippen LogP contribution in [0.4, 0.5) is 0 Å². The van der Waals surface area contributed by atoms with Gasteiger partial charge in [-0.2, -0.15) is 0 Å². The Morgan fingerprint density at radius 3 is 2.67 bits per heavy atom. The Hall–Kier alpha value is -1.71. The highest BCUT2D eigenvalue weighted by Gasteiger charge is 2.07. The van der Waals surface area contributed by atoms with E-state index in [4.69, 9.17) is 9.47 Å². The van der Waals surface area contributed by atoms with Crippen LogP contribution in [0.5, 0.6) is 11.5 Å². The van der Waals surface area contributed by atoms with E-state index in [0.29, 0.717) is 31.2 Å². The SMILES string of the molecule is CCCC(=O)NCc1ccc(OCCC(C)C)c(OC)c1. The molecule has 0 atom stereocenters. The number of hydrogen-bond acceptors (Lipinski definition) is 3. The molecule has 0 aliphatic heterocycles. The molecule has 0 aliphatic carbocycles. The summed E-state index contributed by atoms with van der Waals surface area (Å²) >= 11 is 0. The molecule has 0 aliphatic rings. The number of methoxy groups -OCH3 is 1. The molecule has 0 saturated carbocycles. The Kier molecular flexibility index (Phi) is 7.65. The third-order valence-electron chi connectivity index (χ3n) is 3.15. The maximum absolute atomic E-state index is 11.5. The molecule has 0 aromatic heterocycles. The molecule has 0 heterocycles. The molecule has 118 valence electrons. The Morgan fingerprint density at radius 2 is 2.05 bits per heavy atom. The predicted molar refractivity (Wildman–Crippen MR) is 84.7 cm³/mol. The van der Waals surface area contributed by atoms with E-state index in [1.807, 2.05) is 25.1 Å². The largest absolute Gasteiger partial charge is 0.493 e. The molecule has 4 nitrogen and oxygen atoms in total. The molecular weight excluding hydrogens is 266 g/mol. The highest BCUT2D eigenvalue weighted by atomic mass is 16.5. The molecule has 0 fully saturated rings. The molecule has 1 N–H and O–H groups in total. The summed E-state index contributed by atoms with van der Waals surface area (Å²) in [4.78, 5) is 11.5. The number of benzene rings is 1. The van der Waals surface area contributed by atoms with Crippen LogP contribution >= 0.6 is 0 Å². The average Bonchev–Trinajstić information content (AvgIpc) is 2.46. The van der Waals surface area contributed by atoms with Crippen LogP contribution < -0.4 is 14.8 Å². The standard InChI is InChI=1S/C17H27NO3/c1-5-6-17(19)18-12-14-7-8-15(16(11-14)20-4)21-10-9-13(2)3/h7-8,11,13H,5-6,9-10,12H2,1-4H3,(H,18,19). The first-order chi connectivity index (χ1) is 10.1. The molecule has 21 heavy (non-hydrogen) atoms. The van der Waals surface area contributed by atoms with Crippen molar-refractivity contribution < 1.29 is 14.3 Å². The summed E-state index contributed by atoms with van der Waals surface area (Å²) in [6.07, 6.45) is 2.43. The van der Waals surface area contributed by atoms with E-state index >= 15 is 0 Å². The molecule has 4 heteroatoms. The highest BCUT2D eigenvalue weighted by molar-refractivity contribution is 5.75. The van der Waals surface area contributed by atoms with Crippen LogP contribution in [-0.2, 0) is 11.3 Å². The zero-order valence-electron chi connectivity index (χ0n) is 13.6. The van der Waals surface area contributed by atoms with Crippen LogP contribution in [0, 0.1) is 5.92 Å². The maximum atomic E-state index is 11.5. The van der Waals surface area contributed by atoms with E-state index in [0.717, 1.165) is 24.2 Å². The fourth-order valence-electron chi connectivity index (χ4n) is 1.86. The van der Waals surface area contributed by atoms with Gasteiger partial charge in [-0.05, 0) is 36.5 Å². The summed E-state index contributed by atoms with van der Waals surface area (Å²) < 4.78 is 11.1. The van der Waals surface area contributed by atoms with Crippen LogP contribution in [0.15, 0.2) is 18.2 Å². The Bertz CT molecular complexity index is 444. The number of ether oxygens (including phenoxy) is 2. The van der Waals surface area contributed by atoms with Gasteiger partial charge in [-0.3, -0.25) is 4.79 Å². The van der Waals surface area contributed by atoms with Gasteiger partial charge in [0.15, 0.2) is 11.5 Å². The number of carbonyl (C=O) groups excluding carboxylic acids is 1. The number of amides is 1. The number of carbonyl (C=O) groups is 1. The molecule has 0 unspecified atom stereocenters. The smallest absolute Gasteiger partial charge is 0.220 e.